The van der Waals surface area contributed by atoms with Gasteiger partial charge in [-0.3, -0.25) is 14.5 Å². The molecule has 0 aliphatic carbocycles. The second-order valence-corrected chi connectivity index (χ2v) is 4.89. The molecule has 106 valence electrons. The van der Waals surface area contributed by atoms with Gasteiger partial charge < -0.3 is 5.43 Å². The number of nitrogens with zero attached hydrogens (tertiary/aromatic N) is 5. The Hall–Kier alpha value is -2.72. The minimum absolute atomic E-state index is 0.119. The third-order valence-corrected chi connectivity index (χ3v) is 3.61. The summed E-state index contributed by atoms with van der Waals surface area (Å²) in [5.74, 6) is 5.61. The maximum absolute atomic E-state index is 11.1. The minimum Gasteiger partial charge on any atom is -0.308 e. The van der Waals surface area contributed by atoms with Crippen molar-refractivity contribution in [2.45, 2.75) is 10.2 Å². The molecule has 3 heterocycles. The molecule has 0 aliphatic rings. The van der Waals surface area contributed by atoms with E-state index in [0.29, 0.717) is 16.6 Å². The highest BCUT2D eigenvalue weighted by atomic mass is 32.2. The van der Waals surface area contributed by atoms with Gasteiger partial charge in [-0.15, -0.1) is 10.2 Å². The van der Waals surface area contributed by atoms with E-state index >= 15 is 0 Å². The zero-order valence-corrected chi connectivity index (χ0v) is 11.3. The number of fused-ring (bicyclic) bond motifs is 1. The number of hydrazine groups is 1. The van der Waals surface area contributed by atoms with Crippen LogP contribution in [-0.4, -0.2) is 24.5 Å². The van der Waals surface area contributed by atoms with Crippen molar-refractivity contribution in [3.8, 4) is 0 Å². The summed E-state index contributed by atoms with van der Waals surface area (Å²) in [6, 6.07) is 8.22. The summed E-state index contributed by atoms with van der Waals surface area (Å²) in [4.78, 5) is 14.7. The van der Waals surface area contributed by atoms with Crippen molar-refractivity contribution >= 4 is 28.9 Å². The number of rotatable bonds is 4. The molecule has 0 radical (unpaired) electrons. The molecule has 0 aromatic carbocycles. The molecule has 0 bridgehead atoms. The van der Waals surface area contributed by atoms with E-state index in [9.17, 15) is 10.1 Å². The van der Waals surface area contributed by atoms with Crippen molar-refractivity contribution in [2.75, 3.05) is 5.43 Å². The molecule has 3 N–H and O–H groups in total. The molecule has 0 atom stereocenters. The minimum atomic E-state index is -0.501. The number of aromatic nitrogens is 4. The fourth-order valence-electron chi connectivity index (χ4n) is 1.70. The molecule has 3 aromatic rings. The van der Waals surface area contributed by atoms with Gasteiger partial charge >= 0.3 is 5.69 Å². The second kappa shape index (κ2) is 5.34. The molecule has 0 unspecified atom stereocenters. The van der Waals surface area contributed by atoms with E-state index in [1.807, 2.05) is 12.1 Å². The zero-order chi connectivity index (χ0) is 14.8. The van der Waals surface area contributed by atoms with Crippen LogP contribution in [0.1, 0.15) is 0 Å². The van der Waals surface area contributed by atoms with E-state index in [2.05, 4.69) is 20.6 Å². The first kappa shape index (κ1) is 13.3. The molecule has 10 heteroatoms. The van der Waals surface area contributed by atoms with Gasteiger partial charge in [-0.25, -0.2) is 10.8 Å². The maximum Gasteiger partial charge on any atom is 0.301 e. The normalized spacial score (nSPS) is 10.7. The maximum atomic E-state index is 11.1. The summed E-state index contributed by atoms with van der Waals surface area (Å²) in [5, 5.41) is 19.7. The van der Waals surface area contributed by atoms with Crippen LogP contribution in [0.5, 0.6) is 0 Å². The van der Waals surface area contributed by atoms with Crippen LogP contribution in [0.2, 0.25) is 0 Å². The highest BCUT2D eigenvalue weighted by Gasteiger charge is 2.19. The van der Waals surface area contributed by atoms with Crippen molar-refractivity contribution < 1.29 is 4.92 Å². The van der Waals surface area contributed by atoms with Crippen LogP contribution >= 0.6 is 11.8 Å². The molecule has 0 fully saturated rings. The molecule has 3 rings (SSSR count). The summed E-state index contributed by atoms with van der Waals surface area (Å²) in [5.41, 5.74) is 2.89. The first-order valence-electron chi connectivity index (χ1n) is 5.78. The molecular formula is C11H9N7O2S. The molecule has 3 aromatic heterocycles. The lowest BCUT2D eigenvalue weighted by molar-refractivity contribution is -0.388. The summed E-state index contributed by atoms with van der Waals surface area (Å²) in [6.07, 6.45) is 1.77. The van der Waals surface area contributed by atoms with Crippen LogP contribution in [0.25, 0.3) is 5.65 Å². The number of nitrogens with one attached hydrogen (secondary N) is 1. The number of pyridine rings is 2. The predicted molar refractivity (Wildman–Crippen MR) is 75.8 cm³/mol. The van der Waals surface area contributed by atoms with Gasteiger partial charge in [0.05, 0.1) is 4.92 Å². The lowest BCUT2D eigenvalue weighted by Crippen LogP contribution is -2.09. The van der Waals surface area contributed by atoms with Crippen LogP contribution in [0.3, 0.4) is 0 Å². The molecule has 0 aliphatic heterocycles. The third-order valence-electron chi connectivity index (χ3n) is 2.66. The van der Waals surface area contributed by atoms with Crippen LogP contribution < -0.4 is 11.3 Å². The SMILES string of the molecule is NNc1ccc([N+](=O)[O-])c(Sc2nnc3ccccn23)n1. The number of anilines is 1. The fraction of sp³-hybridized carbons (Fsp3) is 0. The number of nitrogens with two attached hydrogens (primary N) is 1. The Morgan fingerprint density at radius 3 is 2.90 bits per heavy atom. The summed E-state index contributed by atoms with van der Waals surface area (Å²) in [6.45, 7) is 0. The van der Waals surface area contributed by atoms with E-state index in [4.69, 9.17) is 5.84 Å². The Balaban J connectivity index is 2.06. The predicted octanol–water partition coefficient (Wildman–Crippen LogP) is 1.47. The van der Waals surface area contributed by atoms with E-state index < -0.39 is 4.92 Å². The standard InChI is InChI=1S/C11H9N7O2S/c12-14-8-5-4-7(18(19)20)10(13-8)21-11-16-15-9-3-1-2-6-17(9)11/h1-6H,12H2,(H,13,14). The second-order valence-electron chi connectivity index (χ2n) is 3.94. The Bertz CT molecular complexity index is 819. The molecular weight excluding hydrogens is 294 g/mol. The van der Waals surface area contributed by atoms with Crippen LogP contribution in [0.4, 0.5) is 11.5 Å². The van der Waals surface area contributed by atoms with Crippen molar-refractivity contribution in [1.82, 2.24) is 19.6 Å². The summed E-state index contributed by atoms with van der Waals surface area (Å²) in [7, 11) is 0. The van der Waals surface area contributed by atoms with Crippen LogP contribution in [0.15, 0.2) is 46.7 Å². The zero-order valence-electron chi connectivity index (χ0n) is 10.5. The Labute approximate surface area is 122 Å². The van der Waals surface area contributed by atoms with E-state index in [1.165, 1.54) is 12.1 Å². The lowest BCUT2D eigenvalue weighted by atomic mass is 10.4. The van der Waals surface area contributed by atoms with Crippen molar-refractivity contribution in [3.63, 3.8) is 0 Å². The van der Waals surface area contributed by atoms with Crippen molar-refractivity contribution in [3.05, 3.63) is 46.6 Å². The highest BCUT2D eigenvalue weighted by molar-refractivity contribution is 7.99. The molecule has 21 heavy (non-hydrogen) atoms. The van der Waals surface area contributed by atoms with Crippen LogP contribution in [-0.2, 0) is 0 Å². The van der Waals surface area contributed by atoms with Gasteiger partial charge in [0.15, 0.2) is 10.7 Å². The molecule has 9 nitrogen and oxygen atoms in total. The van der Waals surface area contributed by atoms with E-state index in [1.54, 1.807) is 16.7 Å². The number of nitrogen functional groups attached to an aromatic ring is 1. The molecule has 0 amide bonds. The van der Waals surface area contributed by atoms with Crippen molar-refractivity contribution in [2.24, 2.45) is 5.84 Å². The number of hydrogen-bond acceptors (Lipinski definition) is 8. The third kappa shape index (κ3) is 2.49. The highest BCUT2D eigenvalue weighted by Crippen LogP contribution is 2.33. The first-order chi connectivity index (χ1) is 10.2. The number of nitro groups is 1. The van der Waals surface area contributed by atoms with Crippen molar-refractivity contribution in [1.29, 1.82) is 0 Å². The Kier molecular flexibility index (Phi) is 3.38. The molecule has 0 saturated heterocycles. The van der Waals surface area contributed by atoms with Gasteiger partial charge in [0.25, 0.3) is 0 Å². The molecule has 0 spiro atoms. The van der Waals surface area contributed by atoms with Crippen LogP contribution in [0, 0.1) is 10.1 Å². The lowest BCUT2D eigenvalue weighted by Gasteiger charge is -2.03. The largest absolute Gasteiger partial charge is 0.308 e. The Morgan fingerprint density at radius 1 is 1.29 bits per heavy atom. The first-order valence-corrected chi connectivity index (χ1v) is 6.60. The van der Waals surface area contributed by atoms with Gasteiger partial charge in [-0.1, -0.05) is 6.07 Å². The quantitative estimate of drug-likeness (QED) is 0.422. The monoisotopic (exact) mass is 303 g/mol. The van der Waals surface area contributed by atoms with Gasteiger partial charge in [0.1, 0.15) is 5.82 Å². The Morgan fingerprint density at radius 2 is 2.14 bits per heavy atom. The topological polar surface area (TPSA) is 124 Å². The average molecular weight is 303 g/mol. The van der Waals surface area contributed by atoms with Gasteiger partial charge in [0, 0.05) is 12.3 Å². The fourth-order valence-corrected chi connectivity index (χ4v) is 2.60. The van der Waals surface area contributed by atoms with E-state index in [0.717, 1.165) is 11.8 Å². The summed E-state index contributed by atoms with van der Waals surface area (Å²) < 4.78 is 1.72. The average Bonchev–Trinajstić information content (AvgIpc) is 2.90. The smallest absolute Gasteiger partial charge is 0.301 e. The number of hydrogen-bond donors (Lipinski definition) is 2. The van der Waals surface area contributed by atoms with E-state index in [-0.39, 0.29) is 10.7 Å². The summed E-state index contributed by atoms with van der Waals surface area (Å²) >= 11 is 1.05. The van der Waals surface area contributed by atoms with Gasteiger partial charge in [0.2, 0.25) is 5.16 Å². The van der Waals surface area contributed by atoms with Gasteiger partial charge in [-0.05, 0) is 30.0 Å². The molecule has 0 saturated carbocycles. The van der Waals surface area contributed by atoms with Gasteiger partial charge in [-0.2, -0.15) is 0 Å².